The minimum atomic E-state index is -4.01. The van der Waals surface area contributed by atoms with Gasteiger partial charge in [-0.25, -0.2) is 17.9 Å². The number of carbonyl (C=O) groups excluding carboxylic acids is 2. The third-order valence-corrected chi connectivity index (χ3v) is 6.03. The summed E-state index contributed by atoms with van der Waals surface area (Å²) in [4.78, 5) is 23.9. The van der Waals surface area contributed by atoms with Crippen LogP contribution in [-0.2, 0) is 21.4 Å². The topological polar surface area (TPSA) is 104 Å². The van der Waals surface area contributed by atoms with Crippen molar-refractivity contribution in [3.8, 4) is 0 Å². The van der Waals surface area contributed by atoms with Gasteiger partial charge in [-0.2, -0.15) is 0 Å². The fourth-order valence-corrected chi connectivity index (χ4v) is 3.92. The van der Waals surface area contributed by atoms with Crippen LogP contribution in [0, 0.1) is 6.92 Å². The van der Waals surface area contributed by atoms with E-state index in [1.165, 1.54) is 13.1 Å². The summed E-state index contributed by atoms with van der Waals surface area (Å²) in [6.07, 6.45) is 0. The molecule has 0 fully saturated rings. The highest BCUT2D eigenvalue weighted by Gasteiger charge is 2.20. The van der Waals surface area contributed by atoms with Crippen LogP contribution in [0.5, 0.6) is 0 Å². The Balaban J connectivity index is 2.17. The molecule has 0 saturated heterocycles. The molecule has 0 aliphatic rings. The van der Waals surface area contributed by atoms with Gasteiger partial charge in [0.1, 0.15) is 0 Å². The average molecular weight is 416 g/mol. The van der Waals surface area contributed by atoms with Crippen LogP contribution < -0.4 is 15.4 Å². The number of carbonyl (C=O) groups is 2. The number of nitrogens with one attached hydrogen (secondary N) is 3. The van der Waals surface area contributed by atoms with Crippen molar-refractivity contribution in [3.05, 3.63) is 70.8 Å². The maximum absolute atomic E-state index is 12.5. The molecule has 3 amide bonds. The van der Waals surface area contributed by atoms with Gasteiger partial charge in [-0.1, -0.05) is 42.5 Å². The van der Waals surface area contributed by atoms with Crippen LogP contribution in [0.15, 0.2) is 59.0 Å². The summed E-state index contributed by atoms with van der Waals surface area (Å²) in [5.41, 5.74) is 3.51. The molecule has 3 N–H and O–H groups in total. The summed E-state index contributed by atoms with van der Waals surface area (Å²) in [6.45, 7) is 5.42. The number of benzene rings is 2. The Morgan fingerprint density at radius 2 is 1.66 bits per heavy atom. The average Bonchev–Trinajstić information content (AvgIpc) is 2.71. The van der Waals surface area contributed by atoms with Crippen LogP contribution in [0.3, 0.4) is 0 Å². The van der Waals surface area contributed by atoms with Crippen molar-refractivity contribution < 1.29 is 18.0 Å². The van der Waals surface area contributed by atoms with E-state index in [4.69, 9.17) is 0 Å². The van der Waals surface area contributed by atoms with E-state index >= 15 is 0 Å². The minimum Gasteiger partial charge on any atom is -0.348 e. The zero-order chi connectivity index (χ0) is 21.6. The van der Waals surface area contributed by atoms with Crippen molar-refractivity contribution in [2.45, 2.75) is 32.2 Å². The maximum Gasteiger partial charge on any atom is 0.328 e. The lowest BCUT2D eigenvalue weighted by atomic mass is 10.0. The molecule has 2 aromatic carbocycles. The number of hydrogen-bond acceptors (Lipinski definition) is 4. The second-order valence-corrected chi connectivity index (χ2v) is 8.23. The fraction of sp³-hybridized carbons (Fsp3) is 0.238. The molecule has 0 spiro atoms. The van der Waals surface area contributed by atoms with Gasteiger partial charge in [0.05, 0.1) is 4.90 Å². The lowest BCUT2D eigenvalue weighted by molar-refractivity contribution is -0.117. The van der Waals surface area contributed by atoms with Gasteiger partial charge in [0.2, 0.25) is 5.91 Å². The Labute approximate surface area is 171 Å². The van der Waals surface area contributed by atoms with E-state index in [-0.39, 0.29) is 17.3 Å². The summed E-state index contributed by atoms with van der Waals surface area (Å²) in [6, 6.07) is 13.6. The molecule has 8 heteroatoms. The van der Waals surface area contributed by atoms with Gasteiger partial charge < -0.3 is 10.6 Å². The molecule has 0 radical (unpaired) electrons. The Morgan fingerprint density at radius 1 is 1.00 bits per heavy atom. The van der Waals surface area contributed by atoms with Crippen molar-refractivity contribution in [2.75, 3.05) is 7.05 Å². The van der Waals surface area contributed by atoms with Crippen molar-refractivity contribution in [1.82, 2.24) is 15.4 Å². The minimum absolute atomic E-state index is 0.0134. The highest BCUT2D eigenvalue weighted by molar-refractivity contribution is 7.90. The van der Waals surface area contributed by atoms with Gasteiger partial charge in [-0.15, -0.1) is 0 Å². The van der Waals surface area contributed by atoms with E-state index in [1.54, 1.807) is 26.0 Å². The van der Waals surface area contributed by atoms with E-state index in [9.17, 15) is 18.0 Å². The summed E-state index contributed by atoms with van der Waals surface area (Å²) in [5.74, 6) is -0.236. The van der Waals surface area contributed by atoms with Gasteiger partial charge in [-0.05, 0) is 49.1 Å². The molecule has 0 aliphatic carbocycles. The molecule has 0 unspecified atom stereocenters. The van der Waals surface area contributed by atoms with Crippen LogP contribution in [0.25, 0.3) is 5.57 Å². The van der Waals surface area contributed by atoms with Gasteiger partial charge in [-0.3, -0.25) is 4.79 Å². The summed E-state index contributed by atoms with van der Waals surface area (Å²) >= 11 is 0. The van der Waals surface area contributed by atoms with Crippen molar-refractivity contribution >= 4 is 27.5 Å². The first kappa shape index (κ1) is 22.2. The zero-order valence-corrected chi connectivity index (χ0v) is 17.7. The molecule has 0 aliphatic heterocycles. The molecular weight excluding hydrogens is 390 g/mol. The van der Waals surface area contributed by atoms with Crippen LogP contribution in [-0.4, -0.2) is 27.4 Å². The van der Waals surface area contributed by atoms with Crippen molar-refractivity contribution in [2.24, 2.45) is 0 Å². The first-order valence-electron chi connectivity index (χ1n) is 9.01. The third-order valence-electron chi connectivity index (χ3n) is 4.56. The Morgan fingerprint density at radius 3 is 2.28 bits per heavy atom. The van der Waals surface area contributed by atoms with Gasteiger partial charge in [0.25, 0.3) is 10.0 Å². The third kappa shape index (κ3) is 5.68. The molecular formula is C21H25N3O4S. The predicted molar refractivity (Wildman–Crippen MR) is 113 cm³/mol. The smallest absolute Gasteiger partial charge is 0.328 e. The number of rotatable bonds is 6. The number of sulfonamides is 1. The van der Waals surface area contributed by atoms with Gasteiger partial charge in [0.15, 0.2) is 0 Å². The zero-order valence-electron chi connectivity index (χ0n) is 16.9. The van der Waals surface area contributed by atoms with E-state index in [1.807, 2.05) is 42.0 Å². The highest BCUT2D eigenvalue weighted by Crippen LogP contribution is 2.19. The van der Waals surface area contributed by atoms with E-state index in [0.29, 0.717) is 16.7 Å². The van der Waals surface area contributed by atoms with E-state index in [0.717, 1.165) is 11.1 Å². The largest absolute Gasteiger partial charge is 0.348 e. The molecule has 29 heavy (non-hydrogen) atoms. The molecule has 2 rings (SSSR count). The van der Waals surface area contributed by atoms with Crippen LogP contribution >= 0.6 is 0 Å². The first-order chi connectivity index (χ1) is 13.7. The molecule has 0 heterocycles. The number of urea groups is 1. The number of amides is 3. The van der Waals surface area contributed by atoms with E-state index < -0.39 is 16.1 Å². The number of aryl methyl sites for hydroxylation is 1. The Hall–Kier alpha value is -3.13. The monoisotopic (exact) mass is 415 g/mol. The van der Waals surface area contributed by atoms with Crippen molar-refractivity contribution in [1.29, 1.82) is 0 Å². The molecule has 154 valence electrons. The fourth-order valence-electron chi connectivity index (χ4n) is 2.66. The number of allylic oxidation sites excluding steroid dienone is 1. The standard InChI is InChI=1S/C21H25N3O4S/c1-14-10-11-17(12-19(14)29(27,28)24-21(26)22-4)13-23-20(25)16(3)15(2)18-8-6-5-7-9-18/h5-12H,13H2,1-4H3,(H,23,25)(H2,22,24,26)/b16-15+. The highest BCUT2D eigenvalue weighted by atomic mass is 32.2. The maximum atomic E-state index is 12.5. The quantitative estimate of drug-likeness (QED) is 0.631. The summed E-state index contributed by atoms with van der Waals surface area (Å²) in [5, 5.41) is 5.02. The Bertz CT molecular complexity index is 1040. The second-order valence-electron chi connectivity index (χ2n) is 6.58. The molecule has 0 atom stereocenters. The SMILES string of the molecule is CNC(=O)NS(=O)(=O)c1cc(CNC(=O)/C(C)=C(\C)c2ccccc2)ccc1C. The van der Waals surface area contributed by atoms with E-state index in [2.05, 4.69) is 10.6 Å². The molecule has 0 bridgehead atoms. The summed E-state index contributed by atoms with van der Waals surface area (Å²) < 4.78 is 26.7. The van der Waals surface area contributed by atoms with Gasteiger partial charge in [0, 0.05) is 19.2 Å². The molecule has 0 saturated carbocycles. The first-order valence-corrected chi connectivity index (χ1v) is 10.5. The molecule has 0 aromatic heterocycles. The lowest BCUT2D eigenvalue weighted by Gasteiger charge is -2.12. The van der Waals surface area contributed by atoms with Crippen molar-refractivity contribution in [3.63, 3.8) is 0 Å². The predicted octanol–water partition coefficient (Wildman–Crippen LogP) is 2.72. The molecule has 7 nitrogen and oxygen atoms in total. The molecule has 2 aromatic rings. The van der Waals surface area contributed by atoms with Gasteiger partial charge >= 0.3 is 6.03 Å². The lowest BCUT2D eigenvalue weighted by Crippen LogP contribution is -2.37. The van der Waals surface area contributed by atoms with Crippen LogP contribution in [0.1, 0.15) is 30.5 Å². The Kier molecular flexibility index (Phi) is 7.17. The number of hydrogen-bond donors (Lipinski definition) is 3. The summed E-state index contributed by atoms with van der Waals surface area (Å²) in [7, 11) is -2.68. The van der Waals surface area contributed by atoms with Crippen LogP contribution in [0.2, 0.25) is 0 Å². The normalized spacial score (nSPS) is 12.0. The second kappa shape index (κ2) is 9.38. The van der Waals surface area contributed by atoms with Crippen LogP contribution in [0.4, 0.5) is 4.79 Å².